The Hall–Kier alpha value is -0.590. The van der Waals surface area contributed by atoms with Crippen molar-refractivity contribution in [3.8, 4) is 0 Å². The predicted molar refractivity (Wildman–Crippen MR) is 47.9 cm³/mol. The number of halogens is 3. The van der Waals surface area contributed by atoms with Gasteiger partial charge in [0.15, 0.2) is 0 Å². The van der Waals surface area contributed by atoms with E-state index in [1.54, 1.807) is 0 Å². The van der Waals surface area contributed by atoms with E-state index in [2.05, 4.69) is 0 Å². The first-order valence-corrected chi connectivity index (χ1v) is 4.80. The molecule has 0 radical (unpaired) electrons. The van der Waals surface area contributed by atoms with Crippen LogP contribution in [0.15, 0.2) is 11.4 Å². The van der Waals surface area contributed by atoms with E-state index < -0.39 is 23.2 Å². The van der Waals surface area contributed by atoms with Gasteiger partial charge in [-0.3, -0.25) is 0 Å². The summed E-state index contributed by atoms with van der Waals surface area (Å²) in [5.41, 5.74) is 5.39. The number of nitrogens with two attached hydrogens (primary N) is 1. The number of alkyl halides is 3. The molecule has 0 spiro atoms. The third-order valence-corrected chi connectivity index (χ3v) is 2.81. The molecule has 1 aromatic rings. The fourth-order valence-corrected chi connectivity index (χ4v) is 1.90. The number of aliphatic hydroxyl groups is 1. The molecular formula is C8H10F3NOS. The molecule has 1 aromatic heterocycles. The van der Waals surface area contributed by atoms with Crippen LogP contribution >= 0.6 is 11.3 Å². The summed E-state index contributed by atoms with van der Waals surface area (Å²) < 4.78 is 37.1. The maximum absolute atomic E-state index is 12.4. The third-order valence-electron chi connectivity index (χ3n) is 1.83. The van der Waals surface area contributed by atoms with Crippen LogP contribution in [0.4, 0.5) is 13.2 Å². The minimum absolute atomic E-state index is 0.0440. The van der Waals surface area contributed by atoms with Crippen molar-refractivity contribution >= 4 is 11.3 Å². The lowest BCUT2D eigenvalue weighted by atomic mass is 10.0. The van der Waals surface area contributed by atoms with Crippen molar-refractivity contribution in [3.05, 3.63) is 21.9 Å². The molecule has 0 amide bonds. The Labute approximate surface area is 83.2 Å². The zero-order valence-corrected chi connectivity index (χ0v) is 8.19. The number of thiophene rings is 1. The second kappa shape index (κ2) is 3.88. The van der Waals surface area contributed by atoms with Gasteiger partial charge in [-0.15, -0.1) is 11.3 Å². The van der Waals surface area contributed by atoms with Crippen molar-refractivity contribution in [2.24, 2.45) is 5.73 Å². The Balaban J connectivity index is 3.05. The fourth-order valence-electron chi connectivity index (χ4n) is 1.07. The summed E-state index contributed by atoms with van der Waals surface area (Å²) in [6.45, 7) is 1.36. The summed E-state index contributed by atoms with van der Waals surface area (Å²) in [5.74, 6) is 0. The van der Waals surface area contributed by atoms with Gasteiger partial charge in [0.25, 0.3) is 0 Å². The molecule has 0 aromatic carbocycles. The monoisotopic (exact) mass is 225 g/mol. The van der Waals surface area contributed by atoms with Gasteiger partial charge in [-0.05, 0) is 23.9 Å². The molecule has 0 aliphatic heterocycles. The van der Waals surface area contributed by atoms with E-state index in [1.807, 2.05) is 0 Å². The highest BCUT2D eigenvalue weighted by Crippen LogP contribution is 2.38. The molecule has 1 heterocycles. The van der Waals surface area contributed by atoms with E-state index in [1.165, 1.54) is 18.4 Å². The first-order valence-electron chi connectivity index (χ1n) is 3.92. The van der Waals surface area contributed by atoms with Crippen LogP contribution in [0, 0.1) is 0 Å². The van der Waals surface area contributed by atoms with Crippen LogP contribution in [0.1, 0.15) is 23.4 Å². The number of rotatable bonds is 2. The Morgan fingerprint density at radius 2 is 2.07 bits per heavy atom. The van der Waals surface area contributed by atoms with Gasteiger partial charge in [0.1, 0.15) is 4.88 Å². The summed E-state index contributed by atoms with van der Waals surface area (Å²) in [4.78, 5) is -0.731. The van der Waals surface area contributed by atoms with Crippen molar-refractivity contribution in [1.82, 2.24) is 0 Å². The molecule has 6 heteroatoms. The van der Waals surface area contributed by atoms with Gasteiger partial charge in [-0.2, -0.15) is 13.2 Å². The van der Waals surface area contributed by atoms with Gasteiger partial charge in [0, 0.05) is 0 Å². The summed E-state index contributed by atoms with van der Waals surface area (Å²) in [5, 5.41) is 10.4. The van der Waals surface area contributed by atoms with Crippen LogP contribution in [-0.4, -0.2) is 11.2 Å². The van der Waals surface area contributed by atoms with Crippen LogP contribution in [0.5, 0.6) is 0 Å². The minimum atomic E-state index is -4.39. The first kappa shape index (κ1) is 11.5. The second-order valence-corrected chi connectivity index (χ2v) is 3.89. The SMILES string of the molecule is C[C@H](O)[C@H](N)c1ccsc1C(F)(F)F. The van der Waals surface area contributed by atoms with Gasteiger partial charge in [-0.1, -0.05) is 0 Å². The Bertz CT molecular complexity index is 308. The van der Waals surface area contributed by atoms with Crippen LogP contribution in [0.2, 0.25) is 0 Å². The maximum atomic E-state index is 12.4. The van der Waals surface area contributed by atoms with Crippen molar-refractivity contribution < 1.29 is 18.3 Å². The van der Waals surface area contributed by atoms with E-state index in [9.17, 15) is 13.2 Å². The Kier molecular flexibility index (Phi) is 3.18. The number of hydrogen-bond acceptors (Lipinski definition) is 3. The molecule has 80 valence electrons. The summed E-state index contributed by atoms with van der Waals surface area (Å²) in [7, 11) is 0. The number of hydrogen-bond donors (Lipinski definition) is 2. The van der Waals surface area contributed by atoms with Crippen molar-refractivity contribution in [1.29, 1.82) is 0 Å². The quantitative estimate of drug-likeness (QED) is 0.810. The minimum Gasteiger partial charge on any atom is -0.391 e. The number of aliphatic hydroxyl groups excluding tert-OH is 1. The maximum Gasteiger partial charge on any atom is 0.425 e. The fraction of sp³-hybridized carbons (Fsp3) is 0.500. The third kappa shape index (κ3) is 2.26. The topological polar surface area (TPSA) is 46.2 Å². The molecule has 1 rings (SSSR count). The standard InChI is InChI=1S/C8H10F3NOS/c1-4(13)6(12)5-2-3-14-7(5)8(9,10)11/h2-4,6,13H,12H2,1H3/t4-,6-/m0/s1. The van der Waals surface area contributed by atoms with Gasteiger partial charge in [0.05, 0.1) is 12.1 Å². The zero-order chi connectivity index (χ0) is 10.9. The Morgan fingerprint density at radius 1 is 1.50 bits per heavy atom. The molecule has 0 aliphatic rings. The normalized spacial score (nSPS) is 16.7. The van der Waals surface area contributed by atoms with Crippen molar-refractivity contribution in [2.75, 3.05) is 0 Å². The lowest BCUT2D eigenvalue weighted by molar-refractivity contribution is -0.135. The lowest BCUT2D eigenvalue weighted by Crippen LogP contribution is -2.25. The highest BCUT2D eigenvalue weighted by molar-refractivity contribution is 7.10. The van der Waals surface area contributed by atoms with Gasteiger partial charge >= 0.3 is 6.18 Å². The molecule has 0 fully saturated rings. The summed E-state index contributed by atoms with van der Waals surface area (Å²) >= 11 is 0.586. The largest absolute Gasteiger partial charge is 0.425 e. The molecule has 0 saturated carbocycles. The van der Waals surface area contributed by atoms with E-state index in [0.29, 0.717) is 11.3 Å². The smallest absolute Gasteiger partial charge is 0.391 e. The molecule has 0 saturated heterocycles. The molecule has 0 unspecified atom stereocenters. The lowest BCUT2D eigenvalue weighted by Gasteiger charge is -2.16. The first-order chi connectivity index (χ1) is 6.34. The van der Waals surface area contributed by atoms with Crippen LogP contribution in [0.3, 0.4) is 0 Å². The average Bonchev–Trinajstić information content (AvgIpc) is 2.48. The van der Waals surface area contributed by atoms with Gasteiger partial charge in [0.2, 0.25) is 0 Å². The summed E-state index contributed by atoms with van der Waals surface area (Å²) in [6, 6.07) is 0.308. The highest BCUT2D eigenvalue weighted by atomic mass is 32.1. The average molecular weight is 225 g/mol. The van der Waals surface area contributed by atoms with Crippen LogP contribution in [0.25, 0.3) is 0 Å². The molecule has 0 bridgehead atoms. The molecule has 2 nitrogen and oxygen atoms in total. The molecular weight excluding hydrogens is 215 g/mol. The second-order valence-electron chi connectivity index (χ2n) is 2.97. The summed E-state index contributed by atoms with van der Waals surface area (Å²) in [6.07, 6.45) is -5.39. The Morgan fingerprint density at radius 3 is 2.50 bits per heavy atom. The van der Waals surface area contributed by atoms with E-state index in [-0.39, 0.29) is 5.56 Å². The molecule has 0 aliphatic carbocycles. The van der Waals surface area contributed by atoms with E-state index in [4.69, 9.17) is 10.8 Å². The van der Waals surface area contributed by atoms with E-state index in [0.717, 1.165) is 0 Å². The van der Waals surface area contributed by atoms with Crippen molar-refractivity contribution in [2.45, 2.75) is 25.2 Å². The van der Waals surface area contributed by atoms with Crippen LogP contribution in [-0.2, 0) is 6.18 Å². The van der Waals surface area contributed by atoms with Gasteiger partial charge in [-0.25, -0.2) is 0 Å². The van der Waals surface area contributed by atoms with E-state index >= 15 is 0 Å². The highest BCUT2D eigenvalue weighted by Gasteiger charge is 2.36. The molecule has 14 heavy (non-hydrogen) atoms. The molecule has 3 N–H and O–H groups in total. The zero-order valence-electron chi connectivity index (χ0n) is 7.38. The predicted octanol–water partition coefficient (Wildman–Crippen LogP) is 2.15. The van der Waals surface area contributed by atoms with Gasteiger partial charge < -0.3 is 10.8 Å². The molecule has 2 atom stereocenters. The van der Waals surface area contributed by atoms with Crippen molar-refractivity contribution in [3.63, 3.8) is 0 Å². The van der Waals surface area contributed by atoms with Crippen LogP contribution < -0.4 is 5.73 Å².